The maximum atomic E-state index is 10.4. The van der Waals surface area contributed by atoms with E-state index >= 15 is 0 Å². The number of hydrogen-bond donors (Lipinski definition) is 1. The van der Waals surface area contributed by atoms with Crippen LogP contribution in [0.15, 0.2) is 0 Å². The molecule has 0 amide bonds. The van der Waals surface area contributed by atoms with Crippen molar-refractivity contribution in [3.8, 4) is 0 Å². The Hall–Kier alpha value is -0.130. The van der Waals surface area contributed by atoms with Gasteiger partial charge in [-0.15, -0.1) is 0 Å². The highest BCUT2D eigenvalue weighted by molar-refractivity contribution is 7.80. The molecule has 5 heteroatoms. The molecule has 0 aliphatic heterocycles. The summed E-state index contributed by atoms with van der Waals surface area (Å²) in [5.41, 5.74) is 0. The second-order valence-electron chi connectivity index (χ2n) is 5.79. The highest BCUT2D eigenvalue weighted by atomic mass is 32.3. The van der Waals surface area contributed by atoms with Gasteiger partial charge in [0, 0.05) is 0 Å². The van der Waals surface area contributed by atoms with Gasteiger partial charge in [0.15, 0.2) is 0 Å². The lowest BCUT2D eigenvalue weighted by atomic mass is 9.96. The van der Waals surface area contributed by atoms with Gasteiger partial charge in [0.25, 0.3) is 0 Å². The van der Waals surface area contributed by atoms with Crippen molar-refractivity contribution in [3.63, 3.8) is 0 Å². The van der Waals surface area contributed by atoms with Crippen LogP contribution in [0, 0.1) is 11.8 Å². The number of hydrogen-bond acceptors (Lipinski definition) is 3. The first-order valence-corrected chi connectivity index (χ1v) is 8.99. The number of rotatable bonds is 10. The molecule has 0 spiro atoms. The van der Waals surface area contributed by atoms with Crippen LogP contribution in [0.2, 0.25) is 0 Å². The van der Waals surface area contributed by atoms with E-state index in [9.17, 15) is 8.42 Å². The van der Waals surface area contributed by atoms with E-state index in [1.165, 1.54) is 51.4 Å². The van der Waals surface area contributed by atoms with Gasteiger partial charge in [-0.3, -0.25) is 4.55 Å². The summed E-state index contributed by atoms with van der Waals surface area (Å²) in [6, 6.07) is 0. The van der Waals surface area contributed by atoms with Crippen LogP contribution in [-0.2, 0) is 14.6 Å². The molecular formula is C14H28O4S. The molecule has 1 rings (SSSR count). The summed E-state index contributed by atoms with van der Waals surface area (Å²) >= 11 is 0. The zero-order chi connectivity index (χ0) is 14.1. The summed E-state index contributed by atoms with van der Waals surface area (Å²) in [5, 5.41) is 0. The maximum absolute atomic E-state index is 10.4. The Morgan fingerprint density at radius 3 is 2.26 bits per heavy atom. The first-order valence-electron chi connectivity index (χ1n) is 7.63. The van der Waals surface area contributed by atoms with Crippen LogP contribution in [0.3, 0.4) is 0 Å². The normalized spacial score (nSPS) is 23.9. The van der Waals surface area contributed by atoms with Gasteiger partial charge in [-0.2, -0.15) is 8.42 Å². The Balaban J connectivity index is 2.02. The summed E-state index contributed by atoms with van der Waals surface area (Å²) in [7, 11) is -4.25. The average molecular weight is 292 g/mol. The fraction of sp³-hybridized carbons (Fsp3) is 1.00. The molecule has 4 nitrogen and oxygen atoms in total. The van der Waals surface area contributed by atoms with Crippen LogP contribution in [0.4, 0.5) is 0 Å². The van der Waals surface area contributed by atoms with Gasteiger partial charge < -0.3 is 0 Å². The molecule has 114 valence electrons. The minimum atomic E-state index is -4.25. The molecule has 0 saturated heterocycles. The topological polar surface area (TPSA) is 63.6 Å². The highest BCUT2D eigenvalue weighted by Crippen LogP contribution is 2.36. The van der Waals surface area contributed by atoms with Crippen molar-refractivity contribution in [2.45, 2.75) is 71.1 Å². The second-order valence-corrected chi connectivity index (χ2v) is 6.88. The molecule has 0 aromatic heterocycles. The van der Waals surface area contributed by atoms with Gasteiger partial charge in [0.1, 0.15) is 0 Å². The molecule has 0 bridgehead atoms. The molecule has 1 aliphatic rings. The Morgan fingerprint density at radius 1 is 1.05 bits per heavy atom. The van der Waals surface area contributed by atoms with E-state index in [0.717, 1.165) is 18.3 Å². The fourth-order valence-corrected chi connectivity index (χ4v) is 3.43. The van der Waals surface area contributed by atoms with Crippen LogP contribution in [-0.4, -0.2) is 19.6 Å². The second kappa shape index (κ2) is 8.93. The van der Waals surface area contributed by atoms with Crippen LogP contribution in [0.25, 0.3) is 0 Å². The molecule has 0 heterocycles. The molecule has 1 saturated carbocycles. The van der Waals surface area contributed by atoms with Crippen molar-refractivity contribution in [3.05, 3.63) is 0 Å². The van der Waals surface area contributed by atoms with Crippen molar-refractivity contribution < 1.29 is 17.2 Å². The summed E-state index contributed by atoms with van der Waals surface area (Å²) in [6.45, 7) is 2.34. The van der Waals surface area contributed by atoms with Crippen molar-refractivity contribution in [2.24, 2.45) is 11.8 Å². The van der Waals surface area contributed by atoms with Crippen LogP contribution in [0.5, 0.6) is 0 Å². The molecular weight excluding hydrogens is 264 g/mol. The summed E-state index contributed by atoms with van der Waals surface area (Å²) in [5.74, 6) is 1.60. The van der Waals surface area contributed by atoms with Crippen LogP contribution < -0.4 is 0 Å². The summed E-state index contributed by atoms with van der Waals surface area (Å²) in [6.07, 6.45) is 12.3. The minimum absolute atomic E-state index is 0.108. The van der Waals surface area contributed by atoms with Crippen molar-refractivity contribution in [1.29, 1.82) is 0 Å². The smallest absolute Gasteiger partial charge is 0.264 e. The first-order chi connectivity index (χ1) is 9.01. The molecule has 0 aromatic carbocycles. The Bertz CT molecular complexity index is 326. The molecule has 2 atom stereocenters. The standard InChI is InChI=1S/C14H28O4S/c1-2-3-4-5-7-13-9-10-14(12-13)8-6-11-18-19(15,16)17/h13-14H,2-12H2,1H3,(H,15,16,17). The van der Waals surface area contributed by atoms with Crippen LogP contribution in [0.1, 0.15) is 71.1 Å². The van der Waals surface area contributed by atoms with E-state index in [1.54, 1.807) is 0 Å². The van der Waals surface area contributed by atoms with Gasteiger partial charge in [0.2, 0.25) is 0 Å². The zero-order valence-corrected chi connectivity index (χ0v) is 12.8. The van der Waals surface area contributed by atoms with E-state index in [-0.39, 0.29) is 6.61 Å². The molecule has 1 N–H and O–H groups in total. The Labute approximate surface area is 117 Å². The van der Waals surface area contributed by atoms with E-state index in [2.05, 4.69) is 11.1 Å². The minimum Gasteiger partial charge on any atom is -0.264 e. The fourth-order valence-electron chi connectivity index (χ4n) is 3.10. The third-order valence-corrected chi connectivity index (χ3v) is 4.57. The van der Waals surface area contributed by atoms with Crippen molar-refractivity contribution in [1.82, 2.24) is 0 Å². The molecule has 1 aliphatic carbocycles. The predicted octanol–water partition coefficient (Wildman–Crippen LogP) is 3.97. The van der Waals surface area contributed by atoms with Crippen LogP contribution >= 0.6 is 0 Å². The van der Waals surface area contributed by atoms with E-state index < -0.39 is 10.4 Å². The third kappa shape index (κ3) is 8.60. The van der Waals surface area contributed by atoms with Gasteiger partial charge in [0.05, 0.1) is 6.61 Å². The number of unbranched alkanes of at least 4 members (excludes halogenated alkanes) is 3. The monoisotopic (exact) mass is 292 g/mol. The summed E-state index contributed by atoms with van der Waals surface area (Å²) in [4.78, 5) is 0. The van der Waals surface area contributed by atoms with Gasteiger partial charge in [-0.1, -0.05) is 51.9 Å². The largest absolute Gasteiger partial charge is 0.397 e. The lowest BCUT2D eigenvalue weighted by Gasteiger charge is -2.11. The summed E-state index contributed by atoms with van der Waals surface area (Å²) < 4.78 is 33.5. The Kier molecular flexibility index (Phi) is 7.95. The predicted molar refractivity (Wildman–Crippen MR) is 76.3 cm³/mol. The molecule has 2 unspecified atom stereocenters. The zero-order valence-electron chi connectivity index (χ0n) is 12.0. The quantitative estimate of drug-likeness (QED) is 0.489. The molecule has 1 fully saturated rings. The highest BCUT2D eigenvalue weighted by Gasteiger charge is 2.23. The van der Waals surface area contributed by atoms with Crippen molar-refractivity contribution >= 4 is 10.4 Å². The van der Waals surface area contributed by atoms with E-state index in [0.29, 0.717) is 6.42 Å². The molecule has 0 radical (unpaired) electrons. The first kappa shape index (κ1) is 16.9. The lowest BCUT2D eigenvalue weighted by molar-refractivity contribution is 0.254. The van der Waals surface area contributed by atoms with Gasteiger partial charge in [-0.25, -0.2) is 4.18 Å². The average Bonchev–Trinajstić information content (AvgIpc) is 2.77. The third-order valence-electron chi connectivity index (χ3n) is 4.10. The lowest BCUT2D eigenvalue weighted by Crippen LogP contribution is -2.06. The van der Waals surface area contributed by atoms with Gasteiger partial charge >= 0.3 is 10.4 Å². The molecule has 19 heavy (non-hydrogen) atoms. The Morgan fingerprint density at radius 2 is 1.68 bits per heavy atom. The van der Waals surface area contributed by atoms with E-state index in [4.69, 9.17) is 4.55 Å². The van der Waals surface area contributed by atoms with Gasteiger partial charge in [-0.05, 0) is 31.1 Å². The van der Waals surface area contributed by atoms with Crippen molar-refractivity contribution in [2.75, 3.05) is 6.61 Å². The SMILES string of the molecule is CCCCCCC1CCC(CCCOS(=O)(=O)O)C1. The van der Waals surface area contributed by atoms with E-state index in [1.807, 2.05) is 0 Å². The molecule has 0 aromatic rings. The maximum Gasteiger partial charge on any atom is 0.397 e.